The first-order chi connectivity index (χ1) is 5.59. The molecule has 0 aromatic heterocycles. The van der Waals surface area contributed by atoms with Gasteiger partial charge in [0.15, 0.2) is 5.17 Å². The van der Waals surface area contributed by atoms with Crippen molar-refractivity contribution in [3.05, 3.63) is 0 Å². The molecule has 66 valence electrons. The van der Waals surface area contributed by atoms with Gasteiger partial charge in [0.25, 0.3) is 0 Å². The molecule has 1 aliphatic rings. The number of carbonyl (C=O) groups excluding carboxylic acids is 1. The normalized spacial score (nSPS) is 22.7. The highest BCUT2D eigenvalue weighted by Crippen LogP contribution is 2.04. The quantitative estimate of drug-likeness (QED) is 0.613. The number of hydrogen-bond donors (Lipinski definition) is 1. The van der Waals surface area contributed by atoms with E-state index in [9.17, 15) is 4.79 Å². The molecule has 0 aromatic rings. The summed E-state index contributed by atoms with van der Waals surface area (Å²) in [6.45, 7) is 3.10. The van der Waals surface area contributed by atoms with Crippen LogP contribution >= 0.6 is 0 Å². The molecule has 0 fully saturated rings. The molecule has 0 saturated heterocycles. The predicted molar refractivity (Wildman–Crippen MR) is 47.3 cm³/mol. The SMILES string of the molecule is CC(=O)ON=S1CC(C)=NC1=N. The summed E-state index contributed by atoms with van der Waals surface area (Å²) in [5, 5.41) is 7.51. The summed E-state index contributed by atoms with van der Waals surface area (Å²) in [6.07, 6.45) is 0. The fraction of sp³-hybridized carbons (Fsp3) is 0.500. The van der Waals surface area contributed by atoms with Crippen molar-refractivity contribution in [1.82, 2.24) is 0 Å². The maximum Gasteiger partial charge on any atom is 0.332 e. The number of nitrogens with one attached hydrogen (secondary N) is 1. The van der Waals surface area contributed by atoms with E-state index in [4.69, 9.17) is 5.41 Å². The molecule has 12 heavy (non-hydrogen) atoms. The van der Waals surface area contributed by atoms with Crippen LogP contribution in [-0.2, 0) is 20.3 Å². The minimum atomic E-state index is -0.661. The molecule has 1 aliphatic heterocycles. The molecule has 1 heterocycles. The molecule has 1 rings (SSSR count). The van der Waals surface area contributed by atoms with Gasteiger partial charge in [-0.15, -0.1) is 0 Å². The van der Waals surface area contributed by atoms with Gasteiger partial charge in [-0.3, -0.25) is 5.41 Å². The summed E-state index contributed by atoms with van der Waals surface area (Å²) >= 11 is 0. The average Bonchev–Trinajstić information content (AvgIpc) is 2.26. The summed E-state index contributed by atoms with van der Waals surface area (Å²) in [5.41, 5.74) is 0.860. The number of rotatable bonds is 1. The van der Waals surface area contributed by atoms with Crippen molar-refractivity contribution in [3.8, 4) is 0 Å². The van der Waals surface area contributed by atoms with Gasteiger partial charge < -0.3 is 4.84 Å². The van der Waals surface area contributed by atoms with Crippen molar-refractivity contribution in [2.24, 2.45) is 9.52 Å². The van der Waals surface area contributed by atoms with E-state index in [1.807, 2.05) is 6.92 Å². The first-order valence-corrected chi connectivity index (χ1v) is 4.67. The Morgan fingerprint density at radius 2 is 2.50 bits per heavy atom. The zero-order chi connectivity index (χ0) is 9.14. The molecule has 0 saturated carbocycles. The maximum atomic E-state index is 10.4. The van der Waals surface area contributed by atoms with E-state index in [2.05, 4.69) is 14.4 Å². The van der Waals surface area contributed by atoms with Gasteiger partial charge in [0, 0.05) is 23.3 Å². The Bertz CT molecular complexity index is 295. The topological polar surface area (TPSA) is 74.9 Å². The molecule has 0 aromatic carbocycles. The van der Waals surface area contributed by atoms with Crippen LogP contribution < -0.4 is 0 Å². The van der Waals surface area contributed by atoms with Crippen molar-refractivity contribution in [1.29, 1.82) is 5.41 Å². The van der Waals surface area contributed by atoms with Crippen LogP contribution in [0.25, 0.3) is 0 Å². The number of carbonyl (C=O) groups is 1. The summed E-state index contributed by atoms with van der Waals surface area (Å²) in [6, 6.07) is 0. The highest BCUT2D eigenvalue weighted by molar-refractivity contribution is 8.03. The third-order valence-electron chi connectivity index (χ3n) is 1.12. The lowest BCUT2D eigenvalue weighted by Crippen LogP contribution is -2.03. The lowest BCUT2D eigenvalue weighted by Gasteiger charge is -1.94. The van der Waals surface area contributed by atoms with Crippen LogP contribution in [0.4, 0.5) is 0 Å². The Kier molecular flexibility index (Phi) is 2.69. The van der Waals surface area contributed by atoms with Crippen molar-refractivity contribution in [2.45, 2.75) is 13.8 Å². The zero-order valence-electron chi connectivity index (χ0n) is 6.83. The summed E-state index contributed by atoms with van der Waals surface area (Å²) < 4.78 is 3.59. The lowest BCUT2D eigenvalue weighted by molar-refractivity contribution is -0.140. The first kappa shape index (κ1) is 9.05. The molecule has 1 atom stereocenters. The standard InChI is InChI=1S/C6H9N3O2S/c1-4-3-12(6(7)8-4)9-11-5(2)10/h7H,3H2,1-2H3. The molecule has 0 bridgehead atoms. The monoisotopic (exact) mass is 187 g/mol. The lowest BCUT2D eigenvalue weighted by atomic mass is 10.5. The van der Waals surface area contributed by atoms with Gasteiger partial charge in [-0.2, -0.15) is 0 Å². The van der Waals surface area contributed by atoms with Crippen LogP contribution in [0.15, 0.2) is 9.52 Å². The van der Waals surface area contributed by atoms with Crippen LogP contribution in [0.2, 0.25) is 0 Å². The highest BCUT2D eigenvalue weighted by atomic mass is 32.2. The van der Waals surface area contributed by atoms with Gasteiger partial charge in [-0.1, -0.05) is 0 Å². The Morgan fingerprint density at radius 1 is 1.83 bits per heavy atom. The van der Waals surface area contributed by atoms with E-state index in [0.717, 1.165) is 5.71 Å². The van der Waals surface area contributed by atoms with Crippen molar-refractivity contribution < 1.29 is 9.63 Å². The second-order valence-electron chi connectivity index (χ2n) is 2.32. The van der Waals surface area contributed by atoms with E-state index in [1.165, 1.54) is 6.92 Å². The molecule has 0 spiro atoms. The Labute approximate surface area is 72.4 Å². The van der Waals surface area contributed by atoms with E-state index >= 15 is 0 Å². The molecule has 1 N–H and O–H groups in total. The third kappa shape index (κ3) is 2.23. The third-order valence-corrected chi connectivity index (χ3v) is 2.60. The van der Waals surface area contributed by atoms with Crippen LogP contribution in [0.5, 0.6) is 0 Å². The molecule has 6 heteroatoms. The number of aliphatic imine (C=N–C) groups is 1. The first-order valence-electron chi connectivity index (χ1n) is 3.32. The molecule has 0 aliphatic carbocycles. The van der Waals surface area contributed by atoms with Gasteiger partial charge in [0.05, 0.1) is 5.75 Å². The van der Waals surface area contributed by atoms with Gasteiger partial charge in [0.1, 0.15) is 0 Å². The Morgan fingerprint density at radius 3 is 2.92 bits per heavy atom. The van der Waals surface area contributed by atoms with E-state index in [-0.39, 0.29) is 5.17 Å². The Hall–Kier alpha value is -1.04. The molecular weight excluding hydrogens is 178 g/mol. The fourth-order valence-corrected chi connectivity index (χ4v) is 1.86. The summed E-state index contributed by atoms with van der Waals surface area (Å²) in [5.74, 6) is 0.145. The van der Waals surface area contributed by atoms with E-state index in [1.54, 1.807) is 0 Å². The van der Waals surface area contributed by atoms with Crippen LogP contribution in [0.1, 0.15) is 13.8 Å². The zero-order valence-corrected chi connectivity index (χ0v) is 7.64. The largest absolute Gasteiger partial charge is 0.332 e. The van der Waals surface area contributed by atoms with Crippen LogP contribution in [0.3, 0.4) is 0 Å². The molecule has 0 amide bonds. The van der Waals surface area contributed by atoms with E-state index in [0.29, 0.717) is 5.75 Å². The molecule has 1 unspecified atom stereocenters. The number of hydrogen-bond acceptors (Lipinski definition) is 4. The predicted octanol–water partition coefficient (Wildman–Crippen LogP) is 0.676. The van der Waals surface area contributed by atoms with Crippen molar-refractivity contribution in [3.63, 3.8) is 0 Å². The summed E-state index contributed by atoms with van der Waals surface area (Å²) in [4.78, 5) is 18.7. The highest BCUT2D eigenvalue weighted by Gasteiger charge is 2.15. The maximum absolute atomic E-state index is 10.4. The minimum Gasteiger partial charge on any atom is -0.312 e. The van der Waals surface area contributed by atoms with Gasteiger partial charge >= 0.3 is 5.97 Å². The van der Waals surface area contributed by atoms with Gasteiger partial charge in [0.2, 0.25) is 0 Å². The van der Waals surface area contributed by atoms with Crippen LogP contribution in [-0.4, -0.2) is 22.6 Å². The Balaban J connectivity index is 2.62. The number of amidine groups is 1. The van der Waals surface area contributed by atoms with Gasteiger partial charge in [-0.05, 0) is 11.4 Å². The second kappa shape index (κ2) is 3.57. The van der Waals surface area contributed by atoms with Crippen LogP contribution in [0, 0.1) is 5.41 Å². The minimum absolute atomic E-state index is 0.189. The number of nitrogens with zero attached hydrogens (tertiary/aromatic N) is 2. The fourth-order valence-electron chi connectivity index (χ4n) is 0.684. The summed E-state index contributed by atoms with van der Waals surface area (Å²) in [7, 11) is -0.661. The average molecular weight is 187 g/mol. The van der Waals surface area contributed by atoms with E-state index < -0.39 is 16.7 Å². The smallest absolute Gasteiger partial charge is 0.312 e. The molecular formula is C6H9N3O2S. The second-order valence-corrected chi connectivity index (χ2v) is 3.87. The van der Waals surface area contributed by atoms with Gasteiger partial charge in [-0.25, -0.2) is 9.79 Å². The molecule has 0 radical (unpaired) electrons. The molecule has 5 nitrogen and oxygen atoms in total. The van der Waals surface area contributed by atoms with Crippen molar-refractivity contribution >= 4 is 27.5 Å². The van der Waals surface area contributed by atoms with Crippen molar-refractivity contribution in [2.75, 3.05) is 5.75 Å².